The van der Waals surface area contributed by atoms with Crippen molar-refractivity contribution in [2.24, 2.45) is 0 Å². The van der Waals surface area contributed by atoms with Crippen LogP contribution in [0.15, 0.2) is 12.4 Å². The lowest BCUT2D eigenvalue weighted by atomic mass is 10.6. The Kier molecular flexibility index (Phi) is 3.45. The molecular weight excluding hydrogens is 194 g/mol. The maximum absolute atomic E-state index is 10.9. The molecule has 1 N–H and O–H groups in total. The molecule has 0 aromatic carbocycles. The number of rotatable bonds is 2. The molecule has 0 atom stereocenters. The van der Waals surface area contributed by atoms with Gasteiger partial charge in [-0.2, -0.15) is 0 Å². The Hall–Kier alpha value is -1.36. The van der Waals surface area contributed by atoms with Gasteiger partial charge in [0.1, 0.15) is 17.3 Å². The van der Waals surface area contributed by atoms with Crippen molar-refractivity contribution in [1.82, 2.24) is 9.97 Å². The van der Waals surface area contributed by atoms with Crippen molar-refractivity contribution < 1.29 is 9.53 Å². The highest BCUT2D eigenvalue weighted by molar-refractivity contribution is 6.29. The number of nitrogens with zero attached hydrogens (tertiary/aromatic N) is 2. The molecule has 6 heteroatoms. The van der Waals surface area contributed by atoms with Gasteiger partial charge >= 0.3 is 6.09 Å². The van der Waals surface area contributed by atoms with Crippen LogP contribution < -0.4 is 5.32 Å². The van der Waals surface area contributed by atoms with Crippen LogP contribution in [-0.4, -0.2) is 22.7 Å². The van der Waals surface area contributed by atoms with E-state index in [2.05, 4.69) is 20.0 Å². The monoisotopic (exact) mass is 201 g/mol. The number of amides is 1. The molecule has 1 aromatic heterocycles. The van der Waals surface area contributed by atoms with Gasteiger partial charge in [0.15, 0.2) is 0 Å². The summed E-state index contributed by atoms with van der Waals surface area (Å²) >= 11 is 5.56. The van der Waals surface area contributed by atoms with E-state index in [0.29, 0.717) is 12.4 Å². The summed E-state index contributed by atoms with van der Waals surface area (Å²) in [5.41, 5.74) is 0. The van der Waals surface area contributed by atoms with Crippen molar-refractivity contribution >= 4 is 23.5 Å². The number of hydrogen-bond donors (Lipinski definition) is 1. The fraction of sp³-hybridized carbons (Fsp3) is 0.286. The molecule has 0 fully saturated rings. The largest absolute Gasteiger partial charge is 0.450 e. The maximum Gasteiger partial charge on any atom is 0.412 e. The fourth-order valence-electron chi connectivity index (χ4n) is 0.674. The number of carbonyl (C=O) groups excluding carboxylic acids is 1. The number of ether oxygens (including phenoxy) is 1. The summed E-state index contributed by atoms with van der Waals surface area (Å²) in [5.74, 6) is 0.318. The summed E-state index contributed by atoms with van der Waals surface area (Å²) in [5, 5.41) is 2.65. The number of nitrogens with one attached hydrogen (secondary N) is 1. The lowest BCUT2D eigenvalue weighted by molar-refractivity contribution is 0.168. The van der Waals surface area contributed by atoms with Crippen molar-refractivity contribution in [2.45, 2.75) is 6.92 Å². The minimum Gasteiger partial charge on any atom is -0.450 e. The van der Waals surface area contributed by atoms with Crippen LogP contribution >= 0.6 is 11.6 Å². The van der Waals surface area contributed by atoms with Gasteiger partial charge in [-0.05, 0) is 6.92 Å². The topological polar surface area (TPSA) is 64.1 Å². The van der Waals surface area contributed by atoms with E-state index in [1.54, 1.807) is 6.92 Å². The molecule has 1 rings (SSSR count). The van der Waals surface area contributed by atoms with E-state index in [1.807, 2.05) is 0 Å². The summed E-state index contributed by atoms with van der Waals surface area (Å²) in [6.45, 7) is 2.02. The second-order valence-corrected chi connectivity index (χ2v) is 2.46. The van der Waals surface area contributed by atoms with Gasteiger partial charge in [0.25, 0.3) is 0 Å². The van der Waals surface area contributed by atoms with Gasteiger partial charge < -0.3 is 4.74 Å². The minimum absolute atomic E-state index is 0.266. The van der Waals surface area contributed by atoms with Crippen LogP contribution in [0.5, 0.6) is 0 Å². The van der Waals surface area contributed by atoms with Crippen molar-refractivity contribution in [2.75, 3.05) is 11.9 Å². The van der Waals surface area contributed by atoms with Gasteiger partial charge in [-0.3, -0.25) is 5.32 Å². The Bertz CT molecular complexity index is 306. The van der Waals surface area contributed by atoms with Crippen molar-refractivity contribution in [3.05, 3.63) is 17.5 Å². The fourth-order valence-corrected chi connectivity index (χ4v) is 0.821. The Morgan fingerprint density at radius 3 is 3.08 bits per heavy atom. The summed E-state index contributed by atoms with van der Waals surface area (Å²) in [4.78, 5) is 18.3. The molecule has 0 saturated heterocycles. The van der Waals surface area contributed by atoms with Crippen molar-refractivity contribution in [3.63, 3.8) is 0 Å². The first kappa shape index (κ1) is 9.73. The highest BCUT2D eigenvalue weighted by Crippen LogP contribution is 2.08. The zero-order valence-corrected chi connectivity index (χ0v) is 7.71. The maximum atomic E-state index is 10.9. The summed E-state index contributed by atoms with van der Waals surface area (Å²) in [6, 6.07) is 1.43. The summed E-state index contributed by atoms with van der Waals surface area (Å²) in [7, 11) is 0. The van der Waals surface area contributed by atoms with Crippen molar-refractivity contribution in [1.29, 1.82) is 0 Å². The van der Waals surface area contributed by atoms with Gasteiger partial charge in [-0.25, -0.2) is 14.8 Å². The first-order chi connectivity index (χ1) is 6.22. The molecule has 0 aliphatic rings. The van der Waals surface area contributed by atoms with Crippen LogP contribution in [0.25, 0.3) is 0 Å². The van der Waals surface area contributed by atoms with Gasteiger partial charge in [0.05, 0.1) is 6.61 Å². The van der Waals surface area contributed by atoms with Crippen LogP contribution in [0.3, 0.4) is 0 Å². The molecule has 0 saturated carbocycles. The minimum atomic E-state index is -0.558. The molecule has 0 radical (unpaired) electrons. The number of aromatic nitrogens is 2. The van der Waals surface area contributed by atoms with E-state index in [-0.39, 0.29) is 5.15 Å². The molecule has 1 amide bonds. The highest BCUT2D eigenvalue weighted by Gasteiger charge is 2.02. The third-order valence-corrected chi connectivity index (χ3v) is 1.35. The van der Waals surface area contributed by atoms with Crippen molar-refractivity contribution in [3.8, 4) is 0 Å². The lowest BCUT2D eigenvalue weighted by Crippen LogP contribution is -2.14. The second kappa shape index (κ2) is 4.61. The van der Waals surface area contributed by atoms with E-state index in [4.69, 9.17) is 11.6 Å². The quantitative estimate of drug-likeness (QED) is 0.740. The lowest BCUT2D eigenvalue weighted by Gasteiger charge is -2.03. The predicted octanol–water partition coefficient (Wildman–Crippen LogP) is 1.70. The molecule has 70 valence electrons. The van der Waals surface area contributed by atoms with Gasteiger partial charge in [-0.1, -0.05) is 11.6 Å². The predicted molar refractivity (Wildman–Crippen MR) is 47.7 cm³/mol. The van der Waals surface area contributed by atoms with Crippen LogP contribution in [0.4, 0.5) is 10.6 Å². The molecule has 0 spiro atoms. The summed E-state index contributed by atoms with van der Waals surface area (Å²) in [6.07, 6.45) is 0.696. The third-order valence-electron chi connectivity index (χ3n) is 1.14. The normalized spacial score (nSPS) is 9.38. The standard InChI is InChI=1S/C7H8ClN3O2/c1-2-13-7(12)11-6-3-5(8)9-4-10-6/h3-4H,2H2,1H3,(H,9,10,11,12). The number of anilines is 1. The zero-order valence-electron chi connectivity index (χ0n) is 6.95. The first-order valence-corrected chi connectivity index (χ1v) is 4.01. The molecule has 1 aromatic rings. The van der Waals surface area contributed by atoms with E-state index in [9.17, 15) is 4.79 Å². The molecule has 0 aliphatic heterocycles. The molecule has 0 unspecified atom stereocenters. The number of hydrogen-bond acceptors (Lipinski definition) is 4. The first-order valence-electron chi connectivity index (χ1n) is 3.63. The molecule has 0 aliphatic carbocycles. The summed E-state index contributed by atoms with van der Waals surface area (Å²) < 4.78 is 4.63. The molecule has 1 heterocycles. The average molecular weight is 202 g/mol. The Labute approximate surface area is 80.1 Å². The molecular formula is C7H8ClN3O2. The van der Waals surface area contributed by atoms with Crippen LogP contribution in [0, 0.1) is 0 Å². The Morgan fingerprint density at radius 1 is 1.69 bits per heavy atom. The Morgan fingerprint density at radius 2 is 2.46 bits per heavy atom. The van der Waals surface area contributed by atoms with Crippen LogP contribution in [0.2, 0.25) is 5.15 Å². The zero-order chi connectivity index (χ0) is 9.68. The SMILES string of the molecule is CCOC(=O)Nc1cc(Cl)ncn1. The van der Waals surface area contributed by atoms with E-state index in [1.165, 1.54) is 12.4 Å². The van der Waals surface area contributed by atoms with Gasteiger partial charge in [-0.15, -0.1) is 0 Å². The van der Waals surface area contributed by atoms with Crippen LogP contribution in [0.1, 0.15) is 6.92 Å². The molecule has 0 bridgehead atoms. The van der Waals surface area contributed by atoms with E-state index >= 15 is 0 Å². The third kappa shape index (κ3) is 3.25. The highest BCUT2D eigenvalue weighted by atomic mass is 35.5. The molecule has 13 heavy (non-hydrogen) atoms. The van der Waals surface area contributed by atoms with Crippen LogP contribution in [-0.2, 0) is 4.74 Å². The van der Waals surface area contributed by atoms with E-state index in [0.717, 1.165) is 0 Å². The smallest absolute Gasteiger partial charge is 0.412 e. The number of halogens is 1. The average Bonchev–Trinajstić information content (AvgIpc) is 2.04. The number of carbonyl (C=O) groups is 1. The van der Waals surface area contributed by atoms with Gasteiger partial charge in [0.2, 0.25) is 0 Å². The molecule has 5 nitrogen and oxygen atoms in total. The Balaban J connectivity index is 2.58. The second-order valence-electron chi connectivity index (χ2n) is 2.07. The van der Waals surface area contributed by atoms with E-state index < -0.39 is 6.09 Å². The van der Waals surface area contributed by atoms with Gasteiger partial charge in [0, 0.05) is 6.07 Å².